The molecule has 0 saturated carbocycles. The van der Waals surface area contributed by atoms with E-state index in [9.17, 15) is 0 Å². The largest absolute Gasteiger partial charge is 0.490 e. The summed E-state index contributed by atoms with van der Waals surface area (Å²) in [6.07, 6.45) is 2.87. The van der Waals surface area contributed by atoms with Gasteiger partial charge in [-0.2, -0.15) is 0 Å². The van der Waals surface area contributed by atoms with Gasteiger partial charge in [-0.05, 0) is 18.2 Å². The minimum absolute atomic E-state index is 0.142. The van der Waals surface area contributed by atoms with Crippen LogP contribution in [0.4, 0.5) is 0 Å². The van der Waals surface area contributed by atoms with Crippen molar-refractivity contribution in [2.24, 2.45) is 0 Å². The van der Waals surface area contributed by atoms with Crippen LogP contribution in [0.1, 0.15) is 24.8 Å². The highest BCUT2D eigenvalue weighted by Crippen LogP contribution is 2.35. The average Bonchev–Trinajstić information content (AvgIpc) is 2.89. The number of hydrogen-bond donors (Lipinski definition) is 0. The minimum atomic E-state index is -0.142. The maximum absolute atomic E-state index is 6.14. The number of benzene rings is 1. The zero-order valence-corrected chi connectivity index (χ0v) is 12.8. The number of ether oxygens (including phenoxy) is 3. The van der Waals surface area contributed by atoms with E-state index in [0.29, 0.717) is 17.5 Å². The molecule has 0 aliphatic carbocycles. The van der Waals surface area contributed by atoms with Crippen LogP contribution in [0.15, 0.2) is 18.2 Å². The summed E-state index contributed by atoms with van der Waals surface area (Å²) in [7, 11) is 0. The van der Waals surface area contributed by atoms with Crippen molar-refractivity contribution in [2.75, 3.05) is 19.8 Å². The molecular weight excluding hydrogens is 299 g/mol. The van der Waals surface area contributed by atoms with E-state index >= 15 is 0 Å². The molecule has 1 aromatic carbocycles. The summed E-state index contributed by atoms with van der Waals surface area (Å²) in [5.41, 5.74) is 0.790. The highest BCUT2D eigenvalue weighted by atomic mass is 35.5. The highest BCUT2D eigenvalue weighted by molar-refractivity contribution is 6.30. The van der Waals surface area contributed by atoms with Crippen molar-refractivity contribution in [3.05, 3.63) is 28.8 Å². The van der Waals surface area contributed by atoms with Gasteiger partial charge in [0.25, 0.3) is 0 Å². The zero-order chi connectivity index (χ0) is 14.0. The van der Waals surface area contributed by atoms with Gasteiger partial charge in [0, 0.05) is 36.5 Å². The highest BCUT2D eigenvalue weighted by Gasteiger charge is 2.41. The van der Waals surface area contributed by atoms with Crippen molar-refractivity contribution in [1.82, 2.24) is 0 Å². The Balaban J connectivity index is 1.71. The molecule has 0 N–H and O–H groups in total. The number of rotatable bonds is 3. The van der Waals surface area contributed by atoms with E-state index in [1.807, 2.05) is 18.2 Å². The van der Waals surface area contributed by atoms with Crippen LogP contribution in [0.2, 0.25) is 5.02 Å². The summed E-state index contributed by atoms with van der Waals surface area (Å²) in [4.78, 5) is 0. The molecule has 0 radical (unpaired) electrons. The van der Waals surface area contributed by atoms with E-state index < -0.39 is 0 Å². The van der Waals surface area contributed by atoms with Crippen LogP contribution >= 0.6 is 23.2 Å². The van der Waals surface area contributed by atoms with Crippen LogP contribution in [-0.2, 0) is 15.4 Å². The summed E-state index contributed by atoms with van der Waals surface area (Å²) >= 11 is 11.9. The molecule has 2 aliphatic rings. The van der Waals surface area contributed by atoms with Crippen LogP contribution in [0.25, 0.3) is 0 Å². The van der Waals surface area contributed by atoms with Crippen LogP contribution in [0.5, 0.6) is 5.75 Å². The normalized spacial score (nSPS) is 29.8. The van der Waals surface area contributed by atoms with E-state index in [4.69, 9.17) is 37.4 Å². The molecular formula is C15H18Cl2O3. The van der Waals surface area contributed by atoms with E-state index in [1.165, 1.54) is 0 Å². The third-order valence-electron chi connectivity index (χ3n) is 3.98. The first-order valence-corrected chi connectivity index (χ1v) is 7.85. The molecule has 2 saturated heterocycles. The van der Waals surface area contributed by atoms with Gasteiger partial charge in [0.2, 0.25) is 0 Å². The maximum Gasteiger partial charge on any atom is 0.124 e. The van der Waals surface area contributed by atoms with Crippen molar-refractivity contribution in [2.45, 2.75) is 36.8 Å². The van der Waals surface area contributed by atoms with Crippen LogP contribution in [0, 0.1) is 0 Å². The standard InChI is InChI=1S/C15H18Cl2O3/c16-9-11-7-12(17)1-2-14(11)20-13-3-5-19-15(8-13)4-6-18-10-15/h1-2,7,13H,3-6,8-10H2. The lowest BCUT2D eigenvalue weighted by Crippen LogP contribution is -2.44. The average molecular weight is 317 g/mol. The van der Waals surface area contributed by atoms with Crippen molar-refractivity contribution in [1.29, 1.82) is 0 Å². The van der Waals surface area contributed by atoms with Crippen LogP contribution in [-0.4, -0.2) is 31.5 Å². The Morgan fingerprint density at radius 1 is 1.35 bits per heavy atom. The fourth-order valence-electron chi connectivity index (χ4n) is 2.89. The molecule has 110 valence electrons. The first kappa shape index (κ1) is 14.5. The van der Waals surface area contributed by atoms with Gasteiger partial charge in [-0.3, -0.25) is 0 Å². The molecule has 2 fully saturated rings. The first-order chi connectivity index (χ1) is 9.71. The summed E-state index contributed by atoms with van der Waals surface area (Å²) in [6.45, 7) is 2.17. The quantitative estimate of drug-likeness (QED) is 0.794. The lowest BCUT2D eigenvalue weighted by molar-refractivity contribution is -0.112. The molecule has 3 rings (SSSR count). The minimum Gasteiger partial charge on any atom is -0.490 e. The molecule has 2 atom stereocenters. The Morgan fingerprint density at radius 2 is 2.25 bits per heavy atom. The fourth-order valence-corrected chi connectivity index (χ4v) is 3.30. The topological polar surface area (TPSA) is 27.7 Å². The van der Waals surface area contributed by atoms with Crippen molar-refractivity contribution < 1.29 is 14.2 Å². The molecule has 1 aromatic rings. The summed E-state index contributed by atoms with van der Waals surface area (Å²) in [6, 6.07) is 5.59. The molecule has 3 nitrogen and oxygen atoms in total. The first-order valence-electron chi connectivity index (χ1n) is 6.93. The second-order valence-electron chi connectivity index (χ2n) is 5.45. The van der Waals surface area contributed by atoms with Crippen molar-refractivity contribution >= 4 is 23.2 Å². The molecule has 2 heterocycles. The summed E-state index contributed by atoms with van der Waals surface area (Å²) in [5, 5.41) is 0.681. The molecule has 2 unspecified atom stereocenters. The predicted molar refractivity (Wildman–Crippen MR) is 78.8 cm³/mol. The lowest BCUT2D eigenvalue weighted by atomic mass is 9.91. The number of alkyl halides is 1. The van der Waals surface area contributed by atoms with Gasteiger partial charge in [0.1, 0.15) is 11.9 Å². The lowest BCUT2D eigenvalue weighted by Gasteiger charge is -2.37. The monoisotopic (exact) mass is 316 g/mol. The SMILES string of the molecule is ClCc1cc(Cl)ccc1OC1CCOC2(CCOC2)C1. The Morgan fingerprint density at radius 3 is 3.00 bits per heavy atom. The van der Waals surface area contributed by atoms with E-state index in [2.05, 4.69) is 0 Å². The van der Waals surface area contributed by atoms with Gasteiger partial charge in [0.15, 0.2) is 0 Å². The second-order valence-corrected chi connectivity index (χ2v) is 6.16. The van der Waals surface area contributed by atoms with Gasteiger partial charge in [-0.15, -0.1) is 11.6 Å². The fraction of sp³-hybridized carbons (Fsp3) is 0.600. The summed E-state index contributed by atoms with van der Waals surface area (Å²) in [5.74, 6) is 1.22. The predicted octanol–water partition coefficient (Wildman–Crippen LogP) is 3.80. The van der Waals surface area contributed by atoms with E-state index in [0.717, 1.165) is 43.8 Å². The van der Waals surface area contributed by atoms with Gasteiger partial charge in [-0.25, -0.2) is 0 Å². The van der Waals surface area contributed by atoms with Gasteiger partial charge in [0.05, 0.1) is 24.7 Å². The molecule has 0 amide bonds. The maximum atomic E-state index is 6.14. The van der Waals surface area contributed by atoms with E-state index in [-0.39, 0.29) is 11.7 Å². The summed E-state index contributed by atoms with van der Waals surface area (Å²) < 4.78 is 17.5. The Kier molecular flexibility index (Phi) is 4.41. The number of hydrogen-bond acceptors (Lipinski definition) is 3. The molecule has 0 aromatic heterocycles. The molecule has 1 spiro atoms. The van der Waals surface area contributed by atoms with Crippen LogP contribution in [0.3, 0.4) is 0 Å². The smallest absolute Gasteiger partial charge is 0.124 e. The molecule has 0 bridgehead atoms. The third kappa shape index (κ3) is 3.06. The molecule has 2 aliphatic heterocycles. The van der Waals surface area contributed by atoms with Gasteiger partial charge in [-0.1, -0.05) is 11.6 Å². The second kappa shape index (κ2) is 6.10. The number of halogens is 2. The van der Waals surface area contributed by atoms with Crippen molar-refractivity contribution in [3.63, 3.8) is 0 Å². The van der Waals surface area contributed by atoms with Crippen molar-refractivity contribution in [3.8, 4) is 5.75 Å². The molecule has 20 heavy (non-hydrogen) atoms. The van der Waals surface area contributed by atoms with Crippen LogP contribution < -0.4 is 4.74 Å². The van der Waals surface area contributed by atoms with Gasteiger partial charge >= 0.3 is 0 Å². The van der Waals surface area contributed by atoms with Gasteiger partial charge < -0.3 is 14.2 Å². The third-order valence-corrected chi connectivity index (χ3v) is 4.50. The Labute approximate surface area is 129 Å². The zero-order valence-electron chi connectivity index (χ0n) is 11.2. The Hall–Kier alpha value is -0.480. The molecule has 5 heteroatoms. The van der Waals surface area contributed by atoms with E-state index in [1.54, 1.807) is 0 Å². The Bertz CT molecular complexity index is 472.